The smallest absolute Gasteiger partial charge is 0.231 e. The highest BCUT2D eigenvalue weighted by molar-refractivity contribution is 6.32. The number of hydrogen-bond donors (Lipinski definition) is 1. The second-order valence-corrected chi connectivity index (χ2v) is 6.36. The van der Waals surface area contributed by atoms with E-state index in [0.29, 0.717) is 29.6 Å². The Bertz CT molecular complexity index is 739. The second kappa shape index (κ2) is 11.0. The molecule has 148 valence electrons. The van der Waals surface area contributed by atoms with Gasteiger partial charge in [0.05, 0.1) is 25.3 Å². The van der Waals surface area contributed by atoms with Crippen LogP contribution in [0.3, 0.4) is 0 Å². The van der Waals surface area contributed by atoms with Gasteiger partial charge in [0.2, 0.25) is 5.91 Å². The van der Waals surface area contributed by atoms with Crippen LogP contribution in [0.25, 0.3) is 0 Å². The minimum absolute atomic E-state index is 0. The van der Waals surface area contributed by atoms with Gasteiger partial charge in [-0.25, -0.2) is 0 Å². The van der Waals surface area contributed by atoms with Crippen LogP contribution in [0.15, 0.2) is 42.5 Å². The van der Waals surface area contributed by atoms with Crippen molar-refractivity contribution in [2.75, 3.05) is 25.2 Å². The van der Waals surface area contributed by atoms with Gasteiger partial charge in [0.1, 0.15) is 11.5 Å². The molecule has 0 aliphatic rings. The lowest BCUT2D eigenvalue weighted by Gasteiger charge is -2.26. The van der Waals surface area contributed by atoms with E-state index in [2.05, 4.69) is 0 Å². The Hall–Kier alpha value is -1.95. The third-order valence-corrected chi connectivity index (χ3v) is 4.36. The van der Waals surface area contributed by atoms with Crippen molar-refractivity contribution in [1.82, 2.24) is 0 Å². The summed E-state index contributed by atoms with van der Waals surface area (Å²) in [6.07, 6.45) is 0. The van der Waals surface area contributed by atoms with E-state index in [4.69, 9.17) is 26.8 Å². The Labute approximate surface area is 171 Å². The standard InChI is InChI=1S/C20H25ClN2O3.ClH/c1-4-26-17-8-5-15(6-9-17)13-23(20(24)14(2)12-22)16-7-10-19(25-3)18(21)11-16;/h5-11,14H,4,12-13,22H2,1-3H3;1H. The first-order valence-electron chi connectivity index (χ1n) is 8.56. The van der Waals surface area contributed by atoms with Crippen LogP contribution < -0.4 is 20.1 Å². The molecular weight excluding hydrogens is 387 g/mol. The molecule has 2 rings (SSSR count). The minimum atomic E-state index is -0.293. The SMILES string of the molecule is CCOc1ccc(CN(C(=O)C(C)CN)c2ccc(OC)c(Cl)c2)cc1.Cl. The van der Waals surface area contributed by atoms with E-state index in [1.54, 1.807) is 24.1 Å². The third kappa shape index (κ3) is 6.03. The summed E-state index contributed by atoms with van der Waals surface area (Å²) in [5.41, 5.74) is 7.39. The maximum Gasteiger partial charge on any atom is 0.231 e. The maximum atomic E-state index is 12.9. The Morgan fingerprint density at radius 1 is 1.22 bits per heavy atom. The number of hydrogen-bond acceptors (Lipinski definition) is 4. The number of benzene rings is 2. The van der Waals surface area contributed by atoms with Crippen molar-refractivity contribution < 1.29 is 14.3 Å². The van der Waals surface area contributed by atoms with Crippen molar-refractivity contribution in [3.05, 3.63) is 53.1 Å². The first kappa shape index (κ1) is 23.1. The molecule has 2 N–H and O–H groups in total. The fourth-order valence-corrected chi connectivity index (χ4v) is 2.78. The average molecular weight is 413 g/mol. The molecule has 2 aromatic rings. The van der Waals surface area contributed by atoms with Crippen molar-refractivity contribution >= 4 is 35.6 Å². The van der Waals surface area contributed by atoms with Gasteiger partial charge >= 0.3 is 0 Å². The quantitative estimate of drug-likeness (QED) is 0.701. The molecule has 1 atom stereocenters. The van der Waals surface area contributed by atoms with Gasteiger partial charge in [-0.3, -0.25) is 4.79 Å². The molecule has 0 fully saturated rings. The summed E-state index contributed by atoms with van der Waals surface area (Å²) < 4.78 is 10.7. The van der Waals surface area contributed by atoms with Gasteiger partial charge in [0.15, 0.2) is 0 Å². The monoisotopic (exact) mass is 412 g/mol. The molecular formula is C20H26Cl2N2O3. The number of halogens is 2. The van der Waals surface area contributed by atoms with Crippen LogP contribution in [0.4, 0.5) is 5.69 Å². The zero-order chi connectivity index (χ0) is 19.1. The summed E-state index contributed by atoms with van der Waals surface area (Å²) in [5, 5.41) is 0.454. The molecule has 0 aromatic heterocycles. The van der Waals surface area contributed by atoms with Crippen LogP contribution in [0, 0.1) is 5.92 Å². The highest BCUT2D eigenvalue weighted by atomic mass is 35.5. The molecule has 7 heteroatoms. The van der Waals surface area contributed by atoms with Gasteiger partial charge in [0, 0.05) is 18.2 Å². The lowest BCUT2D eigenvalue weighted by atomic mass is 10.1. The first-order chi connectivity index (χ1) is 12.5. The summed E-state index contributed by atoms with van der Waals surface area (Å²) >= 11 is 6.25. The van der Waals surface area contributed by atoms with Crippen LogP contribution >= 0.6 is 24.0 Å². The van der Waals surface area contributed by atoms with Crippen molar-refractivity contribution in [3.63, 3.8) is 0 Å². The van der Waals surface area contributed by atoms with Gasteiger partial charge < -0.3 is 20.1 Å². The number of ether oxygens (including phenoxy) is 2. The van der Waals surface area contributed by atoms with E-state index < -0.39 is 0 Å². The highest BCUT2D eigenvalue weighted by Gasteiger charge is 2.22. The molecule has 0 aliphatic heterocycles. The fourth-order valence-electron chi connectivity index (χ4n) is 2.53. The summed E-state index contributed by atoms with van der Waals surface area (Å²) in [4.78, 5) is 14.6. The minimum Gasteiger partial charge on any atom is -0.495 e. The number of nitrogens with two attached hydrogens (primary N) is 1. The second-order valence-electron chi connectivity index (χ2n) is 5.96. The zero-order valence-corrected chi connectivity index (χ0v) is 17.3. The molecule has 0 bridgehead atoms. The van der Waals surface area contributed by atoms with E-state index >= 15 is 0 Å². The van der Waals surface area contributed by atoms with Crippen molar-refractivity contribution in [2.45, 2.75) is 20.4 Å². The van der Waals surface area contributed by atoms with Crippen molar-refractivity contribution in [1.29, 1.82) is 0 Å². The number of rotatable bonds is 8. The Balaban J connectivity index is 0.00000364. The number of carbonyl (C=O) groups is 1. The van der Waals surface area contributed by atoms with Gasteiger partial charge in [-0.2, -0.15) is 0 Å². The van der Waals surface area contributed by atoms with Crippen molar-refractivity contribution in [2.24, 2.45) is 11.7 Å². The van der Waals surface area contributed by atoms with Crippen LogP contribution in [-0.2, 0) is 11.3 Å². The van der Waals surface area contributed by atoms with Gasteiger partial charge in [-0.05, 0) is 42.8 Å². The van der Waals surface area contributed by atoms with Crippen LogP contribution in [0.5, 0.6) is 11.5 Å². The predicted molar refractivity (Wildman–Crippen MR) is 112 cm³/mol. The molecule has 0 aliphatic carbocycles. The number of carbonyl (C=O) groups excluding carboxylic acids is 1. The molecule has 27 heavy (non-hydrogen) atoms. The largest absolute Gasteiger partial charge is 0.495 e. The third-order valence-electron chi connectivity index (χ3n) is 4.06. The van der Waals surface area contributed by atoms with E-state index in [1.165, 1.54) is 0 Å². The van der Waals surface area contributed by atoms with Crippen LogP contribution in [0.1, 0.15) is 19.4 Å². The Morgan fingerprint density at radius 3 is 2.41 bits per heavy atom. The molecule has 5 nitrogen and oxygen atoms in total. The Morgan fingerprint density at radius 2 is 1.89 bits per heavy atom. The highest BCUT2D eigenvalue weighted by Crippen LogP contribution is 2.30. The number of anilines is 1. The normalized spacial score (nSPS) is 11.3. The lowest BCUT2D eigenvalue weighted by Crippen LogP contribution is -2.37. The molecule has 0 radical (unpaired) electrons. The first-order valence-corrected chi connectivity index (χ1v) is 8.94. The predicted octanol–water partition coefficient (Wildman–Crippen LogP) is 4.30. The molecule has 0 saturated heterocycles. The molecule has 2 aromatic carbocycles. The summed E-state index contributed by atoms with van der Waals surface area (Å²) in [7, 11) is 1.56. The number of amides is 1. The maximum absolute atomic E-state index is 12.9. The topological polar surface area (TPSA) is 64.8 Å². The summed E-state index contributed by atoms with van der Waals surface area (Å²) in [5.74, 6) is 1.02. The van der Waals surface area contributed by atoms with Crippen LogP contribution in [0.2, 0.25) is 5.02 Å². The average Bonchev–Trinajstić information content (AvgIpc) is 2.66. The Kier molecular flexibility index (Phi) is 9.43. The van der Waals surface area contributed by atoms with Crippen molar-refractivity contribution in [3.8, 4) is 11.5 Å². The summed E-state index contributed by atoms with van der Waals surface area (Å²) in [6, 6.07) is 13.0. The summed E-state index contributed by atoms with van der Waals surface area (Å²) in [6.45, 7) is 5.07. The fraction of sp³-hybridized carbons (Fsp3) is 0.350. The van der Waals surface area contributed by atoms with Crippen LogP contribution in [-0.4, -0.2) is 26.2 Å². The van der Waals surface area contributed by atoms with E-state index in [0.717, 1.165) is 11.3 Å². The molecule has 0 spiro atoms. The molecule has 1 amide bonds. The number of nitrogens with zero attached hydrogens (tertiary/aromatic N) is 1. The van der Waals surface area contributed by atoms with Gasteiger partial charge in [-0.15, -0.1) is 12.4 Å². The van der Waals surface area contributed by atoms with E-state index in [-0.39, 0.29) is 30.8 Å². The number of methoxy groups -OCH3 is 1. The lowest BCUT2D eigenvalue weighted by molar-refractivity contribution is -0.121. The van der Waals surface area contributed by atoms with Gasteiger partial charge in [-0.1, -0.05) is 30.7 Å². The van der Waals surface area contributed by atoms with E-state index in [9.17, 15) is 4.79 Å². The molecule has 0 saturated carbocycles. The molecule has 1 unspecified atom stereocenters. The zero-order valence-electron chi connectivity index (χ0n) is 15.8. The van der Waals surface area contributed by atoms with E-state index in [1.807, 2.05) is 44.2 Å². The molecule has 0 heterocycles. The van der Waals surface area contributed by atoms with Gasteiger partial charge in [0.25, 0.3) is 0 Å².